The van der Waals surface area contributed by atoms with Crippen molar-refractivity contribution in [1.82, 2.24) is 9.97 Å². The fourth-order valence-electron chi connectivity index (χ4n) is 1.20. The molecule has 0 fully saturated rings. The van der Waals surface area contributed by atoms with Crippen molar-refractivity contribution in [2.75, 3.05) is 11.9 Å². The van der Waals surface area contributed by atoms with Gasteiger partial charge in [-0.3, -0.25) is 4.79 Å². The number of nitrogens with one attached hydrogen (secondary N) is 1. The van der Waals surface area contributed by atoms with Crippen LogP contribution in [-0.2, 0) is 4.79 Å². The first-order valence-electron chi connectivity index (χ1n) is 4.62. The van der Waals surface area contributed by atoms with E-state index in [1.165, 1.54) is 6.33 Å². The molecule has 0 radical (unpaired) electrons. The van der Waals surface area contributed by atoms with E-state index >= 15 is 0 Å². The Morgan fingerprint density at radius 1 is 1.50 bits per heavy atom. The van der Waals surface area contributed by atoms with Crippen molar-refractivity contribution in [3.05, 3.63) is 31.0 Å². The standard InChI is InChI=1S/C10H10N4O2/c11-9(15)4-12-10-3-8(13-6-14-10)7-1-2-16-5-7/h1-3,5-6H,4H2,(H2,11,15)(H,12,13,14). The van der Waals surface area contributed by atoms with E-state index in [9.17, 15) is 4.79 Å². The quantitative estimate of drug-likeness (QED) is 0.785. The largest absolute Gasteiger partial charge is 0.472 e. The first kappa shape index (κ1) is 10.2. The molecular weight excluding hydrogens is 208 g/mol. The second-order valence-electron chi connectivity index (χ2n) is 3.12. The van der Waals surface area contributed by atoms with Gasteiger partial charge >= 0.3 is 0 Å². The predicted octanol–water partition coefficient (Wildman–Crippen LogP) is 0.634. The number of hydrogen-bond donors (Lipinski definition) is 2. The van der Waals surface area contributed by atoms with Gasteiger partial charge < -0.3 is 15.5 Å². The highest BCUT2D eigenvalue weighted by molar-refractivity contribution is 5.78. The van der Waals surface area contributed by atoms with Gasteiger partial charge in [0, 0.05) is 11.6 Å². The van der Waals surface area contributed by atoms with Crippen molar-refractivity contribution in [3.63, 3.8) is 0 Å². The number of carbonyl (C=O) groups is 1. The molecule has 6 heteroatoms. The van der Waals surface area contributed by atoms with E-state index in [0.29, 0.717) is 5.82 Å². The van der Waals surface area contributed by atoms with Crippen LogP contribution in [0.5, 0.6) is 0 Å². The number of hydrogen-bond acceptors (Lipinski definition) is 5. The molecule has 0 aliphatic rings. The molecule has 0 aromatic carbocycles. The van der Waals surface area contributed by atoms with Crippen LogP contribution in [0.4, 0.5) is 5.82 Å². The van der Waals surface area contributed by atoms with Gasteiger partial charge in [0.1, 0.15) is 12.1 Å². The van der Waals surface area contributed by atoms with Crippen molar-refractivity contribution in [2.24, 2.45) is 5.73 Å². The molecule has 0 aliphatic heterocycles. The molecule has 82 valence electrons. The summed E-state index contributed by atoms with van der Waals surface area (Å²) in [7, 11) is 0. The Bertz CT molecular complexity index is 481. The molecule has 0 bridgehead atoms. The van der Waals surface area contributed by atoms with E-state index in [0.717, 1.165) is 11.3 Å². The number of primary amides is 1. The van der Waals surface area contributed by atoms with Crippen LogP contribution in [0, 0.1) is 0 Å². The number of amides is 1. The van der Waals surface area contributed by atoms with E-state index in [-0.39, 0.29) is 6.54 Å². The molecule has 2 aromatic rings. The maximum Gasteiger partial charge on any atom is 0.236 e. The van der Waals surface area contributed by atoms with Crippen molar-refractivity contribution >= 4 is 11.7 Å². The van der Waals surface area contributed by atoms with E-state index in [1.54, 1.807) is 24.7 Å². The Balaban J connectivity index is 2.17. The molecule has 0 spiro atoms. The van der Waals surface area contributed by atoms with Crippen LogP contribution in [0.3, 0.4) is 0 Å². The van der Waals surface area contributed by atoms with Gasteiger partial charge in [-0.05, 0) is 6.07 Å². The van der Waals surface area contributed by atoms with Crippen LogP contribution >= 0.6 is 0 Å². The molecule has 1 amide bonds. The lowest BCUT2D eigenvalue weighted by atomic mass is 10.2. The highest BCUT2D eigenvalue weighted by Gasteiger charge is 2.03. The molecule has 0 saturated heterocycles. The van der Waals surface area contributed by atoms with Gasteiger partial charge in [0.05, 0.1) is 24.8 Å². The van der Waals surface area contributed by atoms with E-state index in [4.69, 9.17) is 10.2 Å². The first-order chi connectivity index (χ1) is 7.75. The number of furan rings is 1. The summed E-state index contributed by atoms with van der Waals surface area (Å²) in [6.07, 6.45) is 4.56. The molecule has 2 aromatic heterocycles. The summed E-state index contributed by atoms with van der Waals surface area (Å²) in [5, 5.41) is 2.79. The van der Waals surface area contributed by atoms with Gasteiger partial charge in [0.2, 0.25) is 5.91 Å². The third-order valence-corrected chi connectivity index (χ3v) is 1.93. The fourth-order valence-corrected chi connectivity index (χ4v) is 1.20. The highest BCUT2D eigenvalue weighted by atomic mass is 16.3. The zero-order valence-corrected chi connectivity index (χ0v) is 8.38. The lowest BCUT2D eigenvalue weighted by Crippen LogP contribution is -2.22. The Kier molecular flexibility index (Phi) is 2.81. The van der Waals surface area contributed by atoms with Crippen LogP contribution in [0.2, 0.25) is 0 Å². The Hall–Kier alpha value is -2.37. The Labute approximate surface area is 91.5 Å². The first-order valence-corrected chi connectivity index (χ1v) is 4.62. The Morgan fingerprint density at radius 2 is 2.38 bits per heavy atom. The van der Waals surface area contributed by atoms with Gasteiger partial charge in [0.25, 0.3) is 0 Å². The third-order valence-electron chi connectivity index (χ3n) is 1.93. The van der Waals surface area contributed by atoms with Gasteiger partial charge in [-0.15, -0.1) is 0 Å². The molecular formula is C10H10N4O2. The molecule has 2 rings (SSSR count). The van der Waals surface area contributed by atoms with Crippen molar-refractivity contribution in [2.45, 2.75) is 0 Å². The van der Waals surface area contributed by atoms with E-state index in [2.05, 4.69) is 15.3 Å². The maximum atomic E-state index is 10.6. The SMILES string of the molecule is NC(=O)CNc1cc(-c2ccoc2)ncn1. The second kappa shape index (κ2) is 4.43. The van der Waals surface area contributed by atoms with Crippen molar-refractivity contribution in [1.29, 1.82) is 0 Å². The van der Waals surface area contributed by atoms with Crippen LogP contribution in [0.1, 0.15) is 0 Å². The average Bonchev–Trinajstić information content (AvgIpc) is 2.80. The van der Waals surface area contributed by atoms with Gasteiger partial charge in [0.15, 0.2) is 0 Å². The van der Waals surface area contributed by atoms with Crippen LogP contribution in [-0.4, -0.2) is 22.4 Å². The topological polar surface area (TPSA) is 94.0 Å². The van der Waals surface area contributed by atoms with Crippen molar-refractivity contribution < 1.29 is 9.21 Å². The molecule has 3 N–H and O–H groups in total. The summed E-state index contributed by atoms with van der Waals surface area (Å²) in [5.74, 6) is 0.105. The minimum atomic E-state index is -0.441. The lowest BCUT2D eigenvalue weighted by Gasteiger charge is -2.03. The van der Waals surface area contributed by atoms with Gasteiger partial charge in [-0.25, -0.2) is 9.97 Å². The highest BCUT2D eigenvalue weighted by Crippen LogP contribution is 2.18. The molecule has 16 heavy (non-hydrogen) atoms. The summed E-state index contributed by atoms with van der Waals surface area (Å²) in [6.45, 7) is 0.0435. The molecule has 0 saturated carbocycles. The van der Waals surface area contributed by atoms with Crippen LogP contribution in [0.25, 0.3) is 11.3 Å². The van der Waals surface area contributed by atoms with E-state index < -0.39 is 5.91 Å². The minimum absolute atomic E-state index is 0.0435. The predicted molar refractivity (Wildman–Crippen MR) is 57.4 cm³/mol. The van der Waals surface area contributed by atoms with Crippen molar-refractivity contribution in [3.8, 4) is 11.3 Å². The summed E-state index contributed by atoms with van der Waals surface area (Å²) in [5.41, 5.74) is 6.58. The smallest absolute Gasteiger partial charge is 0.236 e. The monoisotopic (exact) mass is 218 g/mol. The zero-order valence-electron chi connectivity index (χ0n) is 8.38. The molecule has 6 nitrogen and oxygen atoms in total. The van der Waals surface area contributed by atoms with Gasteiger partial charge in [-0.2, -0.15) is 0 Å². The summed E-state index contributed by atoms with van der Waals surface area (Å²) in [6, 6.07) is 3.51. The maximum absolute atomic E-state index is 10.6. The molecule has 0 aliphatic carbocycles. The third kappa shape index (κ3) is 2.35. The van der Waals surface area contributed by atoms with Gasteiger partial charge in [-0.1, -0.05) is 0 Å². The molecule has 0 atom stereocenters. The second-order valence-corrected chi connectivity index (χ2v) is 3.12. The normalized spacial score (nSPS) is 10.0. The zero-order chi connectivity index (χ0) is 11.4. The molecule has 0 unspecified atom stereocenters. The Morgan fingerprint density at radius 3 is 3.06 bits per heavy atom. The number of anilines is 1. The van der Waals surface area contributed by atoms with Crippen LogP contribution in [0.15, 0.2) is 35.4 Å². The number of nitrogens with zero attached hydrogens (tertiary/aromatic N) is 2. The van der Waals surface area contributed by atoms with E-state index in [1.807, 2.05) is 0 Å². The summed E-state index contributed by atoms with van der Waals surface area (Å²) < 4.78 is 4.95. The minimum Gasteiger partial charge on any atom is -0.472 e. The lowest BCUT2D eigenvalue weighted by molar-refractivity contribution is -0.116. The number of carbonyl (C=O) groups excluding carboxylic acids is 1. The molecule has 2 heterocycles. The summed E-state index contributed by atoms with van der Waals surface area (Å²) in [4.78, 5) is 18.6. The number of aromatic nitrogens is 2. The summed E-state index contributed by atoms with van der Waals surface area (Å²) >= 11 is 0. The van der Waals surface area contributed by atoms with Crippen LogP contribution < -0.4 is 11.1 Å². The average molecular weight is 218 g/mol. The fraction of sp³-hybridized carbons (Fsp3) is 0.100. The number of nitrogens with two attached hydrogens (primary N) is 1. The number of rotatable bonds is 4.